The van der Waals surface area contributed by atoms with Crippen LogP contribution in [0.4, 0.5) is 14.5 Å². The van der Waals surface area contributed by atoms with Crippen molar-refractivity contribution in [1.82, 2.24) is 29.4 Å². The summed E-state index contributed by atoms with van der Waals surface area (Å²) >= 11 is 0. The third-order valence-corrected chi connectivity index (χ3v) is 12.8. The minimum Gasteiger partial charge on any atom is -0.461 e. The van der Waals surface area contributed by atoms with Crippen molar-refractivity contribution in [3.63, 3.8) is 0 Å². The molecule has 0 bridgehead atoms. The first-order valence-corrected chi connectivity index (χ1v) is 22.0. The van der Waals surface area contributed by atoms with Crippen LogP contribution in [0.3, 0.4) is 0 Å². The maximum absolute atomic E-state index is 15.6. The predicted octanol–water partition coefficient (Wildman–Crippen LogP) is 5.73. The summed E-state index contributed by atoms with van der Waals surface area (Å²) in [6, 6.07) is 15.0. The quantitative estimate of drug-likeness (QED) is 0.143. The molecule has 4 heterocycles. The van der Waals surface area contributed by atoms with Gasteiger partial charge in [0.2, 0.25) is 0 Å². The van der Waals surface area contributed by atoms with Crippen molar-refractivity contribution in [2.45, 2.75) is 74.3 Å². The molecular weight excluding hydrogens is 837 g/mol. The molecule has 0 radical (unpaired) electrons. The second kappa shape index (κ2) is 18.4. The van der Waals surface area contributed by atoms with E-state index in [0.29, 0.717) is 71.6 Å². The average molecular weight is 880 g/mol. The van der Waals surface area contributed by atoms with Crippen molar-refractivity contribution >= 4 is 38.5 Å². The van der Waals surface area contributed by atoms with Gasteiger partial charge in [-0.15, -0.1) is 0 Å². The number of hydrogen-bond acceptors (Lipinski definition) is 11. The van der Waals surface area contributed by atoms with Crippen LogP contribution < -0.4 is 21.3 Å². The molecule has 6 aromatic rings. The van der Waals surface area contributed by atoms with Gasteiger partial charge in [-0.1, -0.05) is 36.8 Å². The zero-order valence-corrected chi connectivity index (χ0v) is 34.9. The number of esters is 1. The lowest BCUT2D eigenvalue weighted by molar-refractivity contribution is -0.152. The minimum atomic E-state index is -4.43. The molecule has 3 aromatic carbocycles. The number of amides is 1. The molecule has 1 amide bonds. The molecule has 18 heteroatoms. The standard InChI is InChI=1S/C45H43F2N7O8S/c1-53-39-10-6-5-9-33(39)43(56)54(45(53)58)40-16-11-27(24-48-40)21-38(44(57)62-31-7-3-2-4-8-31)51-42(55)34-22-36(47)37(23-35(34)46)52-63(59,60)32-14-12-28(13-15-32)30-25-49-41(50-26-30)29-17-19-61-20-18-29/h5-6,9-16,22-26,29,31,38,52H,2-4,7-8,17-21H2,1H3,(H,51,55)/t38-/m0/s1. The monoisotopic (exact) mass is 879 g/mol. The van der Waals surface area contributed by atoms with Crippen LogP contribution in [0.1, 0.15) is 72.6 Å². The third kappa shape index (κ3) is 9.41. The number of pyridine rings is 1. The SMILES string of the molecule is Cn1c(=O)n(-c2ccc(C[C@H](NC(=O)c3cc(F)c(NS(=O)(=O)c4ccc(-c5cnc(C6CCOCC6)nc5)cc4)cc3F)C(=O)OC3CCCCC3)cn2)c(=O)c2ccccc21. The van der Waals surface area contributed by atoms with Gasteiger partial charge in [-0.05, 0) is 86.1 Å². The number of carbonyl (C=O) groups excluding carboxylic acids is 2. The Balaban J connectivity index is 0.977. The van der Waals surface area contributed by atoms with Crippen LogP contribution in [0.2, 0.25) is 0 Å². The van der Waals surface area contributed by atoms with Crippen LogP contribution in [-0.4, -0.2) is 69.7 Å². The Morgan fingerprint density at radius 3 is 2.27 bits per heavy atom. The van der Waals surface area contributed by atoms with Gasteiger partial charge in [0, 0.05) is 62.8 Å². The van der Waals surface area contributed by atoms with E-state index in [4.69, 9.17) is 9.47 Å². The number of para-hydroxylation sites is 1. The number of anilines is 1. The fourth-order valence-electron chi connectivity index (χ4n) is 7.86. The maximum atomic E-state index is 15.6. The topological polar surface area (TPSA) is 193 Å². The van der Waals surface area contributed by atoms with Crippen LogP contribution in [0.15, 0.2) is 106 Å². The Labute approximate surface area is 360 Å². The molecule has 3 aromatic heterocycles. The summed E-state index contributed by atoms with van der Waals surface area (Å²) in [5, 5.41) is 2.76. The van der Waals surface area contributed by atoms with Gasteiger partial charge in [0.1, 0.15) is 35.4 Å². The Morgan fingerprint density at radius 2 is 1.57 bits per heavy atom. The van der Waals surface area contributed by atoms with E-state index in [2.05, 4.69) is 25.0 Å². The molecular formula is C45H43F2N7O8S. The Bertz CT molecular complexity index is 2900. The molecule has 1 atom stereocenters. The molecule has 0 unspecified atom stereocenters. The van der Waals surface area contributed by atoms with E-state index in [1.54, 1.807) is 48.8 Å². The summed E-state index contributed by atoms with van der Waals surface area (Å²) in [6.45, 7) is 1.30. The van der Waals surface area contributed by atoms with E-state index in [-0.39, 0.29) is 23.1 Å². The van der Waals surface area contributed by atoms with E-state index in [1.807, 2.05) is 0 Å². The number of hydrogen-bond donors (Lipinski definition) is 2. The fraction of sp³-hybridized carbons (Fsp3) is 0.311. The fourth-order valence-corrected chi connectivity index (χ4v) is 8.91. The summed E-state index contributed by atoms with van der Waals surface area (Å²) in [5.74, 6) is -3.55. The van der Waals surface area contributed by atoms with Crippen LogP contribution in [0.25, 0.3) is 27.8 Å². The molecule has 2 aliphatic rings. The second-order valence-electron chi connectivity index (χ2n) is 15.6. The van der Waals surface area contributed by atoms with Gasteiger partial charge in [0.15, 0.2) is 0 Å². The Kier molecular flexibility index (Phi) is 12.5. The van der Waals surface area contributed by atoms with Crippen LogP contribution in [0.5, 0.6) is 0 Å². The number of nitrogens with one attached hydrogen (secondary N) is 2. The lowest BCUT2D eigenvalue weighted by Crippen LogP contribution is -2.45. The van der Waals surface area contributed by atoms with Gasteiger partial charge in [0.25, 0.3) is 21.5 Å². The molecule has 1 saturated carbocycles. The highest BCUT2D eigenvalue weighted by Gasteiger charge is 2.29. The van der Waals surface area contributed by atoms with Crippen molar-refractivity contribution in [3.05, 3.63) is 141 Å². The summed E-state index contributed by atoms with van der Waals surface area (Å²) in [4.78, 5) is 66.7. The van der Waals surface area contributed by atoms with Crippen molar-refractivity contribution in [3.8, 4) is 16.9 Å². The van der Waals surface area contributed by atoms with Crippen molar-refractivity contribution < 1.29 is 36.3 Å². The Morgan fingerprint density at radius 1 is 0.857 bits per heavy atom. The molecule has 1 aliphatic carbocycles. The van der Waals surface area contributed by atoms with Crippen LogP contribution >= 0.6 is 0 Å². The zero-order valence-electron chi connectivity index (χ0n) is 34.1. The second-order valence-corrected chi connectivity index (χ2v) is 17.3. The van der Waals surface area contributed by atoms with Gasteiger partial charge in [-0.3, -0.25) is 18.9 Å². The van der Waals surface area contributed by atoms with Gasteiger partial charge < -0.3 is 14.8 Å². The lowest BCUT2D eigenvalue weighted by Gasteiger charge is -2.25. The first-order chi connectivity index (χ1) is 30.4. The first-order valence-electron chi connectivity index (χ1n) is 20.6. The highest BCUT2D eigenvalue weighted by molar-refractivity contribution is 7.92. The molecule has 1 saturated heterocycles. The van der Waals surface area contributed by atoms with E-state index in [0.717, 1.165) is 36.7 Å². The number of halogens is 2. The van der Waals surface area contributed by atoms with E-state index in [1.165, 1.54) is 42.1 Å². The summed E-state index contributed by atoms with van der Waals surface area (Å²) < 4.78 is 73.2. The van der Waals surface area contributed by atoms with Crippen molar-refractivity contribution in [2.24, 2.45) is 7.05 Å². The molecule has 8 rings (SSSR count). The van der Waals surface area contributed by atoms with E-state index >= 15 is 8.78 Å². The normalized spacial score (nSPS) is 15.5. The predicted molar refractivity (Wildman–Crippen MR) is 228 cm³/mol. The van der Waals surface area contributed by atoms with Crippen LogP contribution in [-0.2, 0) is 37.8 Å². The highest BCUT2D eigenvalue weighted by atomic mass is 32.2. The maximum Gasteiger partial charge on any atom is 0.337 e. The lowest BCUT2D eigenvalue weighted by atomic mass is 9.97. The van der Waals surface area contributed by atoms with Crippen molar-refractivity contribution in [2.75, 3.05) is 17.9 Å². The summed E-state index contributed by atoms with van der Waals surface area (Å²) in [5.41, 5.74) is -0.602. The minimum absolute atomic E-state index is 0.0210. The van der Waals surface area contributed by atoms with Gasteiger partial charge in [0.05, 0.1) is 27.0 Å². The molecule has 0 spiro atoms. The number of fused-ring (bicyclic) bond motifs is 1. The zero-order chi connectivity index (χ0) is 44.3. The number of carbonyl (C=O) groups is 2. The first kappa shape index (κ1) is 43.0. The highest BCUT2D eigenvalue weighted by Crippen LogP contribution is 2.28. The number of ether oxygens (including phenoxy) is 2. The number of benzene rings is 3. The summed E-state index contributed by atoms with van der Waals surface area (Å²) in [6.07, 6.45) is 9.64. The molecule has 2 fully saturated rings. The molecule has 63 heavy (non-hydrogen) atoms. The molecule has 15 nitrogen and oxygen atoms in total. The summed E-state index contributed by atoms with van der Waals surface area (Å²) in [7, 11) is -2.89. The van der Waals surface area contributed by atoms with E-state index in [9.17, 15) is 27.6 Å². The third-order valence-electron chi connectivity index (χ3n) is 11.4. The van der Waals surface area contributed by atoms with E-state index < -0.39 is 68.2 Å². The molecule has 2 N–H and O–H groups in total. The number of aryl methyl sites for hydroxylation is 1. The van der Waals surface area contributed by atoms with Gasteiger partial charge >= 0.3 is 11.7 Å². The number of aromatic nitrogens is 5. The molecule has 1 aliphatic heterocycles. The van der Waals surface area contributed by atoms with Crippen molar-refractivity contribution in [1.29, 1.82) is 0 Å². The number of rotatable bonds is 12. The molecule has 326 valence electrons. The largest absolute Gasteiger partial charge is 0.461 e. The Hall–Kier alpha value is -6.66. The smallest absolute Gasteiger partial charge is 0.337 e. The van der Waals surface area contributed by atoms with Crippen LogP contribution in [0, 0.1) is 11.6 Å². The van der Waals surface area contributed by atoms with Gasteiger partial charge in [-0.2, -0.15) is 0 Å². The number of sulfonamides is 1. The van der Waals surface area contributed by atoms with Gasteiger partial charge in [-0.25, -0.2) is 46.3 Å². The average Bonchev–Trinajstić information content (AvgIpc) is 3.30. The number of nitrogens with zero attached hydrogens (tertiary/aromatic N) is 5.